The normalized spacial score (nSPS) is 12.2. The van der Waals surface area contributed by atoms with E-state index in [9.17, 15) is 18.9 Å². The van der Waals surface area contributed by atoms with Gasteiger partial charge in [0.15, 0.2) is 0 Å². The molecule has 0 bridgehead atoms. The Bertz CT molecular complexity index is 440. The third-order valence-corrected chi connectivity index (χ3v) is 3.03. The van der Waals surface area contributed by atoms with Gasteiger partial charge in [0.2, 0.25) is 0 Å². The summed E-state index contributed by atoms with van der Waals surface area (Å²) in [7, 11) is 0. The van der Waals surface area contributed by atoms with E-state index in [4.69, 9.17) is 11.6 Å². The van der Waals surface area contributed by atoms with Gasteiger partial charge in [0, 0.05) is 23.9 Å². The maximum absolute atomic E-state index is 10.8. The van der Waals surface area contributed by atoms with Gasteiger partial charge in [-0.15, -0.1) is 0 Å². The average Bonchev–Trinajstić information content (AvgIpc) is 2.20. The predicted octanol–water partition coefficient (Wildman–Crippen LogP) is 1.87. The van der Waals surface area contributed by atoms with E-state index in [1.165, 1.54) is 12.1 Å². The lowest BCUT2D eigenvalue weighted by Crippen LogP contribution is -2.24. The van der Waals surface area contributed by atoms with Crippen LogP contribution >= 0.6 is 11.6 Å². The van der Waals surface area contributed by atoms with E-state index in [0.717, 1.165) is 10.4 Å². The summed E-state index contributed by atoms with van der Waals surface area (Å²) in [4.78, 5) is 9.94. The zero-order valence-electron chi connectivity index (χ0n) is 8.25. The molecule has 1 rings (SSSR count). The van der Waals surface area contributed by atoms with E-state index >= 15 is 0 Å². The van der Waals surface area contributed by atoms with Crippen molar-refractivity contribution in [3.05, 3.63) is 33.3 Å². The molecule has 0 fully saturated rings. The molecule has 1 aromatic carbocycles. The van der Waals surface area contributed by atoms with Crippen molar-refractivity contribution in [1.29, 1.82) is 0 Å². The lowest BCUT2D eigenvalue weighted by molar-refractivity contribution is -0.384. The molecule has 0 saturated heterocycles. The molecule has 6 nitrogen and oxygen atoms in total. The molecule has 0 saturated carbocycles. The van der Waals surface area contributed by atoms with E-state index in [1.54, 1.807) is 6.92 Å². The van der Waals surface area contributed by atoms with E-state index in [-0.39, 0.29) is 22.9 Å². The standard InChI is InChI=1S/C8H9ClN2O4S/c1-2-10(16(14)15)6-3-4-7(9)8(5-6)11(12)13/h3-5H,2H2,1H3,(H,14,15)/p-1. The number of halogens is 1. The fourth-order valence-corrected chi connectivity index (χ4v) is 1.85. The summed E-state index contributed by atoms with van der Waals surface area (Å²) >= 11 is 3.14. The molecule has 88 valence electrons. The molecule has 0 heterocycles. The third kappa shape index (κ3) is 2.69. The summed E-state index contributed by atoms with van der Waals surface area (Å²) in [5.41, 5.74) is -0.102. The number of nitro benzene ring substituents is 1. The Morgan fingerprint density at radius 1 is 1.56 bits per heavy atom. The third-order valence-electron chi connectivity index (χ3n) is 1.88. The second-order valence-electron chi connectivity index (χ2n) is 2.80. The quantitative estimate of drug-likeness (QED) is 0.471. The first-order valence-corrected chi connectivity index (χ1v) is 5.69. The molecule has 0 aliphatic rings. The predicted molar refractivity (Wildman–Crippen MR) is 60.0 cm³/mol. The molecular formula is C8H8ClN2O4S-. The van der Waals surface area contributed by atoms with Gasteiger partial charge in [-0.3, -0.25) is 14.3 Å². The minimum absolute atomic E-state index is 0.0264. The first-order chi connectivity index (χ1) is 7.47. The molecule has 0 aliphatic heterocycles. The maximum atomic E-state index is 10.8. The SMILES string of the molecule is CCN(c1ccc(Cl)c([N+](=O)[O-])c1)S(=O)[O-]. The van der Waals surface area contributed by atoms with Crippen LogP contribution in [0.1, 0.15) is 6.92 Å². The van der Waals surface area contributed by atoms with Crippen molar-refractivity contribution in [2.45, 2.75) is 6.92 Å². The van der Waals surface area contributed by atoms with Crippen LogP contribution in [0.25, 0.3) is 0 Å². The number of anilines is 1. The smallest absolute Gasteiger partial charge is 0.289 e. The molecule has 1 atom stereocenters. The first-order valence-electron chi connectivity index (χ1n) is 4.28. The minimum Gasteiger partial charge on any atom is -0.755 e. The summed E-state index contributed by atoms with van der Waals surface area (Å²) in [6.07, 6.45) is 0. The summed E-state index contributed by atoms with van der Waals surface area (Å²) in [5, 5.41) is 10.6. The van der Waals surface area contributed by atoms with Crippen LogP contribution in [0.2, 0.25) is 5.02 Å². The Morgan fingerprint density at radius 2 is 2.19 bits per heavy atom. The van der Waals surface area contributed by atoms with Gasteiger partial charge in [-0.25, -0.2) is 0 Å². The molecule has 0 radical (unpaired) electrons. The molecule has 1 unspecified atom stereocenters. The molecule has 0 amide bonds. The largest absolute Gasteiger partial charge is 0.755 e. The van der Waals surface area contributed by atoms with Crippen molar-refractivity contribution in [2.24, 2.45) is 0 Å². The summed E-state index contributed by atoms with van der Waals surface area (Å²) in [5.74, 6) is 0. The van der Waals surface area contributed by atoms with Gasteiger partial charge in [-0.1, -0.05) is 11.6 Å². The maximum Gasteiger partial charge on any atom is 0.289 e. The van der Waals surface area contributed by atoms with Crippen LogP contribution in [0.4, 0.5) is 11.4 Å². The fraction of sp³-hybridized carbons (Fsp3) is 0.250. The van der Waals surface area contributed by atoms with Gasteiger partial charge >= 0.3 is 0 Å². The Balaban J connectivity index is 3.21. The van der Waals surface area contributed by atoms with Crippen LogP contribution < -0.4 is 4.31 Å². The van der Waals surface area contributed by atoms with Crippen LogP contribution in [0, 0.1) is 10.1 Å². The molecule has 16 heavy (non-hydrogen) atoms. The minimum atomic E-state index is -2.46. The monoisotopic (exact) mass is 263 g/mol. The van der Waals surface area contributed by atoms with E-state index in [2.05, 4.69) is 0 Å². The number of nitro groups is 1. The second-order valence-corrected chi connectivity index (χ2v) is 4.09. The molecule has 1 aromatic rings. The molecular weight excluding hydrogens is 256 g/mol. The highest BCUT2D eigenvalue weighted by atomic mass is 35.5. The van der Waals surface area contributed by atoms with Crippen LogP contribution in [0.5, 0.6) is 0 Å². The van der Waals surface area contributed by atoms with Gasteiger partial charge in [0.05, 0.1) is 10.6 Å². The van der Waals surface area contributed by atoms with Crippen LogP contribution in [-0.2, 0) is 11.3 Å². The Kier molecular flexibility index (Phi) is 4.22. The van der Waals surface area contributed by atoms with Crippen molar-refractivity contribution >= 4 is 34.2 Å². The summed E-state index contributed by atoms with van der Waals surface area (Å²) < 4.78 is 22.6. The lowest BCUT2D eigenvalue weighted by Gasteiger charge is -2.24. The highest BCUT2D eigenvalue weighted by Gasteiger charge is 2.15. The fourth-order valence-electron chi connectivity index (χ4n) is 1.17. The number of benzene rings is 1. The van der Waals surface area contributed by atoms with Crippen LogP contribution in [0.15, 0.2) is 18.2 Å². The Hall–Kier alpha value is -1.18. The molecule has 0 spiro atoms. The summed E-state index contributed by atoms with van der Waals surface area (Å²) in [6.45, 7) is 1.81. The van der Waals surface area contributed by atoms with E-state index < -0.39 is 16.2 Å². The van der Waals surface area contributed by atoms with Crippen LogP contribution in [0.3, 0.4) is 0 Å². The van der Waals surface area contributed by atoms with Gasteiger partial charge in [-0.2, -0.15) is 0 Å². The topological polar surface area (TPSA) is 86.5 Å². The molecule has 0 aliphatic carbocycles. The summed E-state index contributed by atoms with van der Waals surface area (Å²) in [6, 6.07) is 3.83. The van der Waals surface area contributed by atoms with Gasteiger partial charge < -0.3 is 8.86 Å². The van der Waals surface area contributed by atoms with E-state index in [0.29, 0.717) is 0 Å². The van der Waals surface area contributed by atoms with Crippen molar-refractivity contribution < 1.29 is 13.7 Å². The van der Waals surface area contributed by atoms with Crippen molar-refractivity contribution in [2.75, 3.05) is 10.8 Å². The highest BCUT2D eigenvalue weighted by molar-refractivity contribution is 7.80. The van der Waals surface area contributed by atoms with Gasteiger partial charge in [-0.05, 0) is 19.1 Å². The van der Waals surface area contributed by atoms with Crippen molar-refractivity contribution in [1.82, 2.24) is 0 Å². The second kappa shape index (κ2) is 5.24. The van der Waals surface area contributed by atoms with Gasteiger partial charge in [0.1, 0.15) is 5.02 Å². The van der Waals surface area contributed by atoms with E-state index in [1.807, 2.05) is 0 Å². The van der Waals surface area contributed by atoms with Crippen LogP contribution in [-0.4, -0.2) is 20.2 Å². The average molecular weight is 264 g/mol. The Labute approximate surface area is 99.4 Å². The zero-order valence-corrected chi connectivity index (χ0v) is 9.83. The molecule has 0 aromatic heterocycles. The zero-order chi connectivity index (χ0) is 12.3. The molecule has 0 N–H and O–H groups in total. The Morgan fingerprint density at radius 3 is 2.62 bits per heavy atom. The number of hydrogen-bond acceptors (Lipinski definition) is 4. The van der Waals surface area contributed by atoms with Crippen molar-refractivity contribution in [3.63, 3.8) is 0 Å². The van der Waals surface area contributed by atoms with Crippen molar-refractivity contribution in [3.8, 4) is 0 Å². The number of rotatable bonds is 4. The first kappa shape index (κ1) is 12.9. The number of hydrogen-bond donors (Lipinski definition) is 0. The number of nitrogens with zero attached hydrogens (tertiary/aromatic N) is 2. The van der Waals surface area contributed by atoms with Gasteiger partial charge in [0.25, 0.3) is 5.69 Å². The molecule has 8 heteroatoms. The highest BCUT2D eigenvalue weighted by Crippen LogP contribution is 2.29. The lowest BCUT2D eigenvalue weighted by atomic mass is 10.3.